The number of allylic oxidation sites excluding steroid dienone is 2. The van der Waals surface area contributed by atoms with Crippen LogP contribution in [-0.4, -0.2) is 12.9 Å². The Labute approximate surface area is 72.5 Å². The Balaban J connectivity index is 1.89. The first-order valence-electron chi connectivity index (χ1n) is 4.93. The third-order valence-corrected chi connectivity index (χ3v) is 3.28. The van der Waals surface area contributed by atoms with Crippen molar-refractivity contribution < 1.29 is 9.47 Å². The van der Waals surface area contributed by atoms with E-state index in [1.165, 1.54) is 31.4 Å². The Morgan fingerprint density at radius 3 is 3.33 bits per heavy atom. The molecule has 0 bridgehead atoms. The predicted molar refractivity (Wildman–Crippen MR) is 44.4 cm³/mol. The fourth-order valence-electron chi connectivity index (χ4n) is 2.66. The lowest BCUT2D eigenvalue weighted by atomic mass is 9.84. The van der Waals surface area contributed by atoms with E-state index in [0.29, 0.717) is 11.8 Å². The average molecular weight is 166 g/mol. The Hall–Kier alpha value is -0.500. The summed E-state index contributed by atoms with van der Waals surface area (Å²) in [5.74, 6) is 2.61. The number of hydrogen-bond acceptors (Lipinski definition) is 2. The second kappa shape index (κ2) is 2.49. The van der Waals surface area contributed by atoms with Crippen LogP contribution in [0.5, 0.6) is 0 Å². The fourth-order valence-corrected chi connectivity index (χ4v) is 2.66. The molecule has 2 nitrogen and oxygen atoms in total. The maximum absolute atomic E-state index is 5.73. The Kier molecular flexibility index (Phi) is 1.44. The molecule has 0 N–H and O–H groups in total. The van der Waals surface area contributed by atoms with Crippen LogP contribution >= 0.6 is 0 Å². The van der Waals surface area contributed by atoms with Gasteiger partial charge in [0, 0.05) is 11.8 Å². The van der Waals surface area contributed by atoms with Crippen molar-refractivity contribution in [3.8, 4) is 0 Å². The number of fused-ring (bicyclic) bond motifs is 3. The summed E-state index contributed by atoms with van der Waals surface area (Å²) in [5.41, 5.74) is 0. The van der Waals surface area contributed by atoms with E-state index in [0.717, 1.165) is 6.61 Å². The second-order valence-corrected chi connectivity index (χ2v) is 3.95. The van der Waals surface area contributed by atoms with Crippen LogP contribution in [0.1, 0.15) is 25.7 Å². The smallest absolute Gasteiger partial charge is 0.202 e. The molecule has 2 fully saturated rings. The quantitative estimate of drug-likeness (QED) is 0.548. The van der Waals surface area contributed by atoms with Gasteiger partial charge in [-0.15, -0.1) is 0 Å². The zero-order valence-electron chi connectivity index (χ0n) is 7.16. The van der Waals surface area contributed by atoms with Gasteiger partial charge in [0.05, 0.1) is 12.4 Å². The van der Waals surface area contributed by atoms with Crippen LogP contribution in [0.15, 0.2) is 11.8 Å². The Morgan fingerprint density at radius 1 is 1.33 bits per heavy atom. The largest absolute Gasteiger partial charge is 0.469 e. The number of ether oxygens (including phenoxy) is 2. The van der Waals surface area contributed by atoms with E-state index in [-0.39, 0.29) is 6.29 Å². The molecule has 0 aromatic carbocycles. The van der Waals surface area contributed by atoms with Crippen LogP contribution < -0.4 is 0 Å². The normalized spacial score (nSPS) is 44.7. The second-order valence-electron chi connectivity index (χ2n) is 3.95. The molecule has 3 aliphatic rings. The van der Waals surface area contributed by atoms with Crippen molar-refractivity contribution in [1.82, 2.24) is 0 Å². The Bertz CT molecular complexity index is 222. The van der Waals surface area contributed by atoms with Gasteiger partial charge in [0.25, 0.3) is 0 Å². The minimum Gasteiger partial charge on any atom is -0.469 e. The lowest BCUT2D eigenvalue weighted by Crippen LogP contribution is -2.15. The molecule has 2 heterocycles. The van der Waals surface area contributed by atoms with Crippen molar-refractivity contribution in [2.45, 2.75) is 32.0 Å². The van der Waals surface area contributed by atoms with Gasteiger partial charge >= 0.3 is 0 Å². The summed E-state index contributed by atoms with van der Waals surface area (Å²) in [7, 11) is 0. The van der Waals surface area contributed by atoms with Crippen molar-refractivity contribution in [3.63, 3.8) is 0 Å². The zero-order valence-corrected chi connectivity index (χ0v) is 7.16. The maximum Gasteiger partial charge on any atom is 0.202 e. The molecule has 0 amide bonds. The molecule has 1 aliphatic carbocycles. The molecule has 0 aromatic rings. The third-order valence-electron chi connectivity index (χ3n) is 3.28. The van der Waals surface area contributed by atoms with Crippen LogP contribution in [0.25, 0.3) is 0 Å². The molecule has 0 spiro atoms. The van der Waals surface area contributed by atoms with E-state index in [1.807, 2.05) is 0 Å². The highest BCUT2D eigenvalue weighted by molar-refractivity contribution is 5.10. The first-order valence-corrected chi connectivity index (χ1v) is 4.93. The number of rotatable bonds is 0. The fraction of sp³-hybridized carbons (Fsp3) is 0.800. The van der Waals surface area contributed by atoms with E-state index < -0.39 is 0 Å². The monoisotopic (exact) mass is 166 g/mol. The first-order chi connectivity index (χ1) is 5.95. The Morgan fingerprint density at radius 2 is 2.33 bits per heavy atom. The van der Waals surface area contributed by atoms with E-state index >= 15 is 0 Å². The van der Waals surface area contributed by atoms with E-state index in [1.54, 1.807) is 0 Å². The third kappa shape index (κ3) is 0.845. The highest BCUT2D eigenvalue weighted by atomic mass is 16.7. The first kappa shape index (κ1) is 6.96. The van der Waals surface area contributed by atoms with Crippen LogP contribution in [-0.2, 0) is 9.47 Å². The summed E-state index contributed by atoms with van der Waals surface area (Å²) in [6.45, 7) is 0.902. The van der Waals surface area contributed by atoms with Crippen LogP contribution in [0.3, 0.4) is 0 Å². The maximum atomic E-state index is 5.73. The molecule has 2 heteroatoms. The van der Waals surface area contributed by atoms with E-state index in [9.17, 15) is 0 Å². The number of hydrogen-bond donors (Lipinski definition) is 0. The lowest BCUT2D eigenvalue weighted by molar-refractivity contribution is -0.0711. The molecule has 3 atom stereocenters. The molecular weight excluding hydrogens is 152 g/mol. The molecule has 0 aromatic heterocycles. The molecule has 2 saturated heterocycles. The molecular formula is C10H14O2. The summed E-state index contributed by atoms with van der Waals surface area (Å²) in [6, 6.07) is 0. The topological polar surface area (TPSA) is 18.5 Å². The van der Waals surface area contributed by atoms with E-state index in [4.69, 9.17) is 9.47 Å². The van der Waals surface area contributed by atoms with Crippen molar-refractivity contribution >= 4 is 0 Å². The lowest BCUT2D eigenvalue weighted by Gasteiger charge is -2.17. The van der Waals surface area contributed by atoms with Crippen LogP contribution in [0, 0.1) is 11.8 Å². The van der Waals surface area contributed by atoms with Gasteiger partial charge in [0.1, 0.15) is 0 Å². The molecule has 3 rings (SSSR count). The summed E-state index contributed by atoms with van der Waals surface area (Å²) < 4.78 is 11.2. The summed E-state index contributed by atoms with van der Waals surface area (Å²) >= 11 is 0. The average Bonchev–Trinajstić information content (AvgIpc) is 2.62. The molecule has 2 aliphatic heterocycles. The summed E-state index contributed by atoms with van der Waals surface area (Å²) in [4.78, 5) is 0. The molecule has 12 heavy (non-hydrogen) atoms. The van der Waals surface area contributed by atoms with E-state index in [2.05, 4.69) is 6.08 Å². The van der Waals surface area contributed by atoms with Gasteiger partial charge < -0.3 is 9.47 Å². The van der Waals surface area contributed by atoms with Gasteiger partial charge in [0.15, 0.2) is 0 Å². The van der Waals surface area contributed by atoms with Gasteiger partial charge in [-0.3, -0.25) is 0 Å². The SMILES string of the molecule is C1=C2OC3OCCC3C2CCC1. The highest BCUT2D eigenvalue weighted by Crippen LogP contribution is 2.46. The van der Waals surface area contributed by atoms with Gasteiger partial charge in [-0.05, 0) is 31.8 Å². The van der Waals surface area contributed by atoms with Crippen molar-refractivity contribution in [2.75, 3.05) is 6.61 Å². The summed E-state index contributed by atoms with van der Waals surface area (Å²) in [6.07, 6.45) is 7.42. The predicted octanol–water partition coefficient (Wildman–Crippen LogP) is 2.06. The summed E-state index contributed by atoms with van der Waals surface area (Å²) in [5, 5.41) is 0. The zero-order chi connectivity index (χ0) is 7.97. The standard InChI is InChI=1S/C10H14O2/c1-2-4-9-7(3-1)8-5-6-11-10(8)12-9/h4,7-8,10H,1-3,5-6H2. The highest BCUT2D eigenvalue weighted by Gasteiger charge is 2.45. The van der Waals surface area contributed by atoms with Gasteiger partial charge in [0.2, 0.25) is 6.29 Å². The van der Waals surface area contributed by atoms with Crippen molar-refractivity contribution in [1.29, 1.82) is 0 Å². The van der Waals surface area contributed by atoms with Gasteiger partial charge in [-0.1, -0.05) is 0 Å². The van der Waals surface area contributed by atoms with Crippen molar-refractivity contribution in [2.24, 2.45) is 11.8 Å². The van der Waals surface area contributed by atoms with Gasteiger partial charge in [-0.2, -0.15) is 0 Å². The van der Waals surface area contributed by atoms with Crippen LogP contribution in [0.4, 0.5) is 0 Å². The van der Waals surface area contributed by atoms with Crippen molar-refractivity contribution in [3.05, 3.63) is 11.8 Å². The molecule has 3 unspecified atom stereocenters. The molecule has 0 saturated carbocycles. The molecule has 66 valence electrons. The van der Waals surface area contributed by atoms with Gasteiger partial charge in [-0.25, -0.2) is 0 Å². The molecule has 0 radical (unpaired) electrons. The van der Waals surface area contributed by atoms with Crippen LogP contribution in [0.2, 0.25) is 0 Å². The minimum atomic E-state index is 0.111. The minimum absolute atomic E-state index is 0.111.